The number of piperidine rings is 1. The standard InChI is InChI=1S/C15H21BrFN3O/c1-18-8-11-3-2-6-20(9-11)10-15(21)19-14-5-4-12(16)7-13(14)17/h4-5,7,11,18H,2-3,6,8-10H2,1H3,(H,19,21). The number of likely N-dealkylation sites (tertiary alicyclic amines) is 1. The molecule has 1 atom stereocenters. The number of hydrogen-bond acceptors (Lipinski definition) is 3. The van der Waals surface area contributed by atoms with Gasteiger partial charge in [0.05, 0.1) is 12.2 Å². The molecule has 6 heteroatoms. The highest BCUT2D eigenvalue weighted by Gasteiger charge is 2.21. The van der Waals surface area contributed by atoms with Gasteiger partial charge in [-0.1, -0.05) is 15.9 Å². The highest BCUT2D eigenvalue weighted by atomic mass is 79.9. The van der Waals surface area contributed by atoms with Crippen molar-refractivity contribution < 1.29 is 9.18 Å². The van der Waals surface area contributed by atoms with Crippen LogP contribution in [-0.2, 0) is 4.79 Å². The van der Waals surface area contributed by atoms with Gasteiger partial charge in [-0.25, -0.2) is 4.39 Å². The Balaban J connectivity index is 1.86. The van der Waals surface area contributed by atoms with Crippen LogP contribution in [0.4, 0.5) is 10.1 Å². The molecule has 1 aromatic carbocycles. The van der Waals surface area contributed by atoms with Gasteiger partial charge in [-0.05, 0) is 57.1 Å². The molecule has 0 aliphatic carbocycles. The van der Waals surface area contributed by atoms with Crippen molar-refractivity contribution in [3.8, 4) is 0 Å². The summed E-state index contributed by atoms with van der Waals surface area (Å²) in [4.78, 5) is 14.2. The molecule has 1 amide bonds. The Labute approximate surface area is 133 Å². The molecular formula is C15H21BrFN3O. The molecule has 0 saturated carbocycles. The summed E-state index contributed by atoms with van der Waals surface area (Å²) in [6, 6.07) is 4.62. The van der Waals surface area contributed by atoms with Crippen LogP contribution in [0.15, 0.2) is 22.7 Å². The third kappa shape index (κ3) is 5.05. The summed E-state index contributed by atoms with van der Waals surface area (Å²) in [5.41, 5.74) is 0.229. The molecule has 1 aliphatic rings. The molecule has 2 rings (SSSR count). The fourth-order valence-electron chi connectivity index (χ4n) is 2.73. The molecule has 1 unspecified atom stereocenters. The van der Waals surface area contributed by atoms with Gasteiger partial charge in [-0.15, -0.1) is 0 Å². The Hall–Kier alpha value is -0.980. The number of amides is 1. The quantitative estimate of drug-likeness (QED) is 0.850. The van der Waals surface area contributed by atoms with Crippen molar-refractivity contribution in [1.29, 1.82) is 0 Å². The first-order valence-corrected chi connectivity index (χ1v) is 7.99. The van der Waals surface area contributed by atoms with E-state index in [1.165, 1.54) is 12.5 Å². The van der Waals surface area contributed by atoms with Gasteiger partial charge in [0.1, 0.15) is 5.82 Å². The minimum Gasteiger partial charge on any atom is -0.322 e. The molecule has 2 N–H and O–H groups in total. The summed E-state index contributed by atoms with van der Waals surface area (Å²) >= 11 is 3.20. The highest BCUT2D eigenvalue weighted by molar-refractivity contribution is 9.10. The maximum Gasteiger partial charge on any atom is 0.238 e. The topological polar surface area (TPSA) is 44.4 Å². The molecule has 0 bridgehead atoms. The van der Waals surface area contributed by atoms with Crippen LogP contribution in [0, 0.1) is 11.7 Å². The van der Waals surface area contributed by atoms with Crippen LogP contribution in [0.2, 0.25) is 0 Å². The van der Waals surface area contributed by atoms with E-state index in [-0.39, 0.29) is 11.6 Å². The van der Waals surface area contributed by atoms with Gasteiger partial charge < -0.3 is 10.6 Å². The van der Waals surface area contributed by atoms with Crippen LogP contribution >= 0.6 is 15.9 Å². The van der Waals surface area contributed by atoms with Gasteiger partial charge in [0.25, 0.3) is 0 Å². The van der Waals surface area contributed by atoms with E-state index >= 15 is 0 Å². The lowest BCUT2D eigenvalue weighted by molar-refractivity contribution is -0.117. The Bertz CT molecular complexity index is 496. The normalized spacial score (nSPS) is 19.5. The molecule has 21 heavy (non-hydrogen) atoms. The average Bonchev–Trinajstić information content (AvgIpc) is 2.43. The molecule has 1 aliphatic heterocycles. The fraction of sp³-hybridized carbons (Fsp3) is 0.533. The molecule has 1 fully saturated rings. The van der Waals surface area contributed by atoms with E-state index in [1.807, 2.05) is 7.05 Å². The molecule has 116 valence electrons. The Kier molecular flexibility index (Phi) is 6.14. The monoisotopic (exact) mass is 357 g/mol. The predicted octanol–water partition coefficient (Wildman–Crippen LogP) is 2.46. The number of nitrogens with zero attached hydrogens (tertiary/aromatic N) is 1. The van der Waals surface area contributed by atoms with Crippen molar-refractivity contribution in [3.63, 3.8) is 0 Å². The van der Waals surface area contributed by atoms with Crippen LogP contribution < -0.4 is 10.6 Å². The molecule has 0 aromatic heterocycles. The first-order valence-electron chi connectivity index (χ1n) is 7.20. The van der Waals surface area contributed by atoms with E-state index in [0.29, 0.717) is 16.9 Å². The second-order valence-corrected chi connectivity index (χ2v) is 6.39. The van der Waals surface area contributed by atoms with Gasteiger partial charge in [0, 0.05) is 11.0 Å². The van der Waals surface area contributed by atoms with Gasteiger partial charge in [-0.2, -0.15) is 0 Å². The van der Waals surface area contributed by atoms with Gasteiger partial charge in [0.2, 0.25) is 5.91 Å². The van der Waals surface area contributed by atoms with Crippen LogP contribution in [0.3, 0.4) is 0 Å². The molecule has 0 radical (unpaired) electrons. The summed E-state index contributed by atoms with van der Waals surface area (Å²) in [6.45, 7) is 3.13. The lowest BCUT2D eigenvalue weighted by Gasteiger charge is -2.32. The highest BCUT2D eigenvalue weighted by Crippen LogP contribution is 2.20. The summed E-state index contributed by atoms with van der Waals surface area (Å²) in [5, 5.41) is 5.82. The number of anilines is 1. The van der Waals surface area contributed by atoms with E-state index in [1.54, 1.807) is 12.1 Å². The maximum absolute atomic E-state index is 13.7. The number of rotatable bonds is 5. The number of nitrogens with one attached hydrogen (secondary N) is 2. The van der Waals surface area contributed by atoms with Gasteiger partial charge >= 0.3 is 0 Å². The van der Waals surface area contributed by atoms with Crippen LogP contribution in [0.1, 0.15) is 12.8 Å². The SMILES string of the molecule is CNCC1CCCN(CC(=O)Nc2ccc(Br)cc2F)C1. The van der Waals surface area contributed by atoms with Gasteiger partial charge in [-0.3, -0.25) is 9.69 Å². The number of carbonyl (C=O) groups is 1. The summed E-state index contributed by atoms with van der Waals surface area (Å²) < 4.78 is 14.3. The first-order chi connectivity index (χ1) is 10.1. The second kappa shape index (κ2) is 7.87. The largest absolute Gasteiger partial charge is 0.322 e. The second-order valence-electron chi connectivity index (χ2n) is 5.47. The molecule has 0 spiro atoms. The lowest BCUT2D eigenvalue weighted by atomic mass is 9.98. The van der Waals surface area contributed by atoms with Crippen molar-refractivity contribution in [2.45, 2.75) is 12.8 Å². The average molecular weight is 358 g/mol. The number of carbonyl (C=O) groups excluding carboxylic acids is 1. The van der Waals surface area contributed by atoms with Gasteiger partial charge in [0.15, 0.2) is 0 Å². The predicted molar refractivity (Wildman–Crippen MR) is 85.8 cm³/mol. The lowest BCUT2D eigenvalue weighted by Crippen LogP contribution is -2.42. The van der Waals surface area contributed by atoms with Crippen LogP contribution in [0.25, 0.3) is 0 Å². The van der Waals surface area contributed by atoms with Crippen molar-refractivity contribution in [1.82, 2.24) is 10.2 Å². The Morgan fingerprint density at radius 1 is 1.52 bits per heavy atom. The van der Waals surface area contributed by atoms with Crippen LogP contribution in [0.5, 0.6) is 0 Å². The van der Waals surface area contributed by atoms with Crippen molar-refractivity contribution in [3.05, 3.63) is 28.5 Å². The zero-order valence-electron chi connectivity index (χ0n) is 12.2. The van der Waals surface area contributed by atoms with Crippen LogP contribution in [-0.4, -0.2) is 44.0 Å². The molecule has 1 aromatic rings. The minimum absolute atomic E-state index is 0.165. The summed E-state index contributed by atoms with van der Waals surface area (Å²) in [5.74, 6) is -0.00766. The van der Waals surface area contributed by atoms with E-state index in [9.17, 15) is 9.18 Å². The zero-order valence-corrected chi connectivity index (χ0v) is 13.7. The molecule has 4 nitrogen and oxygen atoms in total. The maximum atomic E-state index is 13.7. The fourth-order valence-corrected chi connectivity index (χ4v) is 3.07. The zero-order chi connectivity index (χ0) is 15.2. The third-order valence-corrected chi connectivity index (χ3v) is 4.16. The number of hydrogen-bond donors (Lipinski definition) is 2. The Morgan fingerprint density at radius 3 is 3.05 bits per heavy atom. The van der Waals surface area contributed by atoms with E-state index < -0.39 is 5.82 Å². The third-order valence-electron chi connectivity index (χ3n) is 3.67. The van der Waals surface area contributed by atoms with Crippen molar-refractivity contribution in [2.75, 3.05) is 38.5 Å². The van der Waals surface area contributed by atoms with Crippen molar-refractivity contribution >= 4 is 27.5 Å². The summed E-state index contributed by atoms with van der Waals surface area (Å²) in [6.07, 6.45) is 2.30. The molecule has 1 heterocycles. The number of halogens is 2. The first kappa shape index (κ1) is 16.4. The number of benzene rings is 1. The minimum atomic E-state index is -0.426. The van der Waals surface area contributed by atoms with E-state index in [4.69, 9.17) is 0 Å². The molecule has 1 saturated heterocycles. The smallest absolute Gasteiger partial charge is 0.238 e. The van der Waals surface area contributed by atoms with E-state index in [0.717, 1.165) is 26.1 Å². The summed E-state index contributed by atoms with van der Waals surface area (Å²) in [7, 11) is 1.95. The Morgan fingerprint density at radius 2 is 2.33 bits per heavy atom. The van der Waals surface area contributed by atoms with Crippen molar-refractivity contribution in [2.24, 2.45) is 5.92 Å². The molecular weight excluding hydrogens is 337 g/mol. The van der Waals surface area contributed by atoms with E-state index in [2.05, 4.69) is 31.5 Å².